The highest BCUT2D eigenvalue weighted by Crippen LogP contribution is 2.30. The minimum absolute atomic E-state index is 0.0402. The van der Waals surface area contributed by atoms with Gasteiger partial charge in [0, 0.05) is 18.7 Å². The van der Waals surface area contributed by atoms with E-state index in [4.69, 9.17) is 9.47 Å². The summed E-state index contributed by atoms with van der Waals surface area (Å²) in [5, 5.41) is 9.46. The average Bonchev–Trinajstić information content (AvgIpc) is 2.76. The molecule has 1 aliphatic rings. The standard InChI is InChI=1S/C23H30N4O3/c1-3-7-22(28)27-18-12-10-17(11-13-18)14-25-23(24-4-2)26-15-19-16-29-20-8-5-6-9-21(20)30-19/h5-6,8-13,19H,3-4,7,14-16H2,1-2H3,(H,27,28)(H2,24,25,26). The van der Waals surface area contributed by atoms with Crippen molar-refractivity contribution in [2.75, 3.05) is 25.0 Å². The summed E-state index contributed by atoms with van der Waals surface area (Å²) in [6.07, 6.45) is 1.28. The van der Waals surface area contributed by atoms with Gasteiger partial charge in [0.05, 0.1) is 13.1 Å². The summed E-state index contributed by atoms with van der Waals surface area (Å²) in [5.41, 5.74) is 1.87. The molecule has 160 valence electrons. The van der Waals surface area contributed by atoms with E-state index in [-0.39, 0.29) is 12.0 Å². The van der Waals surface area contributed by atoms with Crippen LogP contribution in [0.3, 0.4) is 0 Å². The van der Waals surface area contributed by atoms with Crippen LogP contribution < -0.4 is 25.4 Å². The number of fused-ring (bicyclic) bond motifs is 1. The first kappa shape index (κ1) is 21.5. The van der Waals surface area contributed by atoms with Crippen LogP contribution in [-0.2, 0) is 11.3 Å². The summed E-state index contributed by atoms with van der Waals surface area (Å²) in [6, 6.07) is 15.5. The van der Waals surface area contributed by atoms with Gasteiger partial charge in [0.1, 0.15) is 12.7 Å². The number of nitrogens with one attached hydrogen (secondary N) is 3. The summed E-state index contributed by atoms with van der Waals surface area (Å²) in [5.74, 6) is 2.31. The van der Waals surface area contributed by atoms with Gasteiger partial charge < -0.3 is 25.4 Å². The molecule has 1 atom stereocenters. The molecule has 30 heavy (non-hydrogen) atoms. The van der Waals surface area contributed by atoms with Crippen molar-refractivity contribution in [3.63, 3.8) is 0 Å². The Bertz CT molecular complexity index is 852. The van der Waals surface area contributed by atoms with Crippen LogP contribution in [0, 0.1) is 0 Å². The lowest BCUT2D eigenvalue weighted by molar-refractivity contribution is -0.116. The highest BCUT2D eigenvalue weighted by molar-refractivity contribution is 5.90. The zero-order valence-electron chi connectivity index (χ0n) is 17.6. The van der Waals surface area contributed by atoms with Crippen molar-refractivity contribution in [1.29, 1.82) is 0 Å². The highest BCUT2D eigenvalue weighted by atomic mass is 16.6. The van der Waals surface area contributed by atoms with Gasteiger partial charge in [-0.1, -0.05) is 31.2 Å². The van der Waals surface area contributed by atoms with Gasteiger partial charge in [-0.25, -0.2) is 4.99 Å². The second-order valence-electron chi connectivity index (χ2n) is 7.07. The molecule has 0 bridgehead atoms. The molecule has 0 aliphatic carbocycles. The molecule has 0 saturated carbocycles. The number of rotatable bonds is 8. The summed E-state index contributed by atoms with van der Waals surface area (Å²) in [7, 11) is 0. The number of para-hydroxylation sites is 2. The lowest BCUT2D eigenvalue weighted by Crippen LogP contribution is -2.45. The number of hydrogen-bond donors (Lipinski definition) is 3. The lowest BCUT2D eigenvalue weighted by Gasteiger charge is -2.27. The SMILES string of the molecule is CCCC(=O)Nc1ccc(CN=C(NCC)NCC2COc3ccccc3O2)cc1. The van der Waals surface area contributed by atoms with Crippen molar-refractivity contribution in [2.45, 2.75) is 39.3 Å². The number of ether oxygens (including phenoxy) is 2. The number of amides is 1. The van der Waals surface area contributed by atoms with Crippen LogP contribution in [0.2, 0.25) is 0 Å². The maximum atomic E-state index is 11.7. The Morgan fingerprint density at radius 3 is 2.57 bits per heavy atom. The van der Waals surface area contributed by atoms with Gasteiger partial charge in [0.15, 0.2) is 17.5 Å². The molecular weight excluding hydrogens is 380 g/mol. The maximum absolute atomic E-state index is 11.7. The number of nitrogens with zero attached hydrogens (tertiary/aromatic N) is 1. The van der Waals surface area contributed by atoms with Gasteiger partial charge in [0.2, 0.25) is 5.91 Å². The highest BCUT2D eigenvalue weighted by Gasteiger charge is 2.20. The molecule has 0 radical (unpaired) electrons. The Balaban J connectivity index is 1.51. The topological polar surface area (TPSA) is 84.0 Å². The molecule has 1 heterocycles. The summed E-state index contributed by atoms with van der Waals surface area (Å²) in [6.45, 7) is 6.39. The first-order valence-corrected chi connectivity index (χ1v) is 10.5. The summed E-state index contributed by atoms with van der Waals surface area (Å²) in [4.78, 5) is 16.3. The second-order valence-corrected chi connectivity index (χ2v) is 7.07. The molecule has 3 rings (SSSR count). The Kier molecular flexibility index (Phi) is 7.94. The van der Waals surface area contributed by atoms with Crippen LogP contribution >= 0.6 is 0 Å². The maximum Gasteiger partial charge on any atom is 0.224 e. The van der Waals surface area contributed by atoms with E-state index in [2.05, 4.69) is 20.9 Å². The molecule has 1 unspecified atom stereocenters. The van der Waals surface area contributed by atoms with Crippen molar-refractivity contribution in [1.82, 2.24) is 10.6 Å². The Morgan fingerprint density at radius 2 is 1.83 bits per heavy atom. The molecule has 7 nitrogen and oxygen atoms in total. The molecule has 1 aliphatic heterocycles. The van der Waals surface area contributed by atoms with Gasteiger partial charge in [0.25, 0.3) is 0 Å². The number of carbonyl (C=O) groups excluding carboxylic acids is 1. The van der Waals surface area contributed by atoms with E-state index in [9.17, 15) is 4.79 Å². The van der Waals surface area contributed by atoms with Crippen LogP contribution in [-0.4, -0.2) is 37.7 Å². The number of carbonyl (C=O) groups is 1. The fraction of sp³-hybridized carbons (Fsp3) is 0.391. The zero-order chi connectivity index (χ0) is 21.2. The molecule has 0 spiro atoms. The number of anilines is 1. The van der Waals surface area contributed by atoms with Crippen LogP contribution in [0.15, 0.2) is 53.5 Å². The number of aliphatic imine (C=N–C) groups is 1. The van der Waals surface area contributed by atoms with Crippen molar-refractivity contribution in [3.05, 3.63) is 54.1 Å². The summed E-state index contributed by atoms with van der Waals surface area (Å²) >= 11 is 0. The van der Waals surface area contributed by atoms with Crippen LogP contribution in [0.1, 0.15) is 32.3 Å². The molecule has 7 heteroatoms. The first-order chi connectivity index (χ1) is 14.7. The molecule has 3 N–H and O–H groups in total. The lowest BCUT2D eigenvalue weighted by atomic mass is 10.2. The van der Waals surface area contributed by atoms with Gasteiger partial charge in [-0.3, -0.25) is 4.79 Å². The van der Waals surface area contributed by atoms with Crippen LogP contribution in [0.5, 0.6) is 11.5 Å². The predicted molar refractivity (Wildman–Crippen MR) is 119 cm³/mol. The van der Waals surface area contributed by atoms with E-state index in [1.165, 1.54) is 0 Å². The predicted octanol–water partition coefficient (Wildman–Crippen LogP) is 3.32. The Labute approximate surface area is 177 Å². The van der Waals surface area contributed by atoms with Crippen molar-refractivity contribution < 1.29 is 14.3 Å². The fourth-order valence-corrected chi connectivity index (χ4v) is 3.03. The van der Waals surface area contributed by atoms with E-state index < -0.39 is 0 Å². The van der Waals surface area contributed by atoms with Crippen LogP contribution in [0.25, 0.3) is 0 Å². The van der Waals surface area contributed by atoms with Crippen molar-refractivity contribution in [3.8, 4) is 11.5 Å². The van der Waals surface area contributed by atoms with Gasteiger partial charge in [-0.2, -0.15) is 0 Å². The second kappa shape index (κ2) is 11.1. The Morgan fingerprint density at radius 1 is 1.07 bits per heavy atom. The molecule has 0 aromatic heterocycles. The van der Waals surface area contributed by atoms with Crippen molar-refractivity contribution >= 4 is 17.6 Å². The zero-order valence-corrected chi connectivity index (χ0v) is 17.6. The molecule has 2 aromatic rings. The van der Waals surface area contributed by atoms with E-state index in [1.54, 1.807) is 0 Å². The molecular formula is C23H30N4O3. The molecule has 2 aromatic carbocycles. The number of hydrogen-bond acceptors (Lipinski definition) is 4. The van der Waals surface area contributed by atoms with E-state index in [0.717, 1.165) is 41.7 Å². The first-order valence-electron chi connectivity index (χ1n) is 10.5. The van der Waals surface area contributed by atoms with E-state index >= 15 is 0 Å². The van der Waals surface area contributed by atoms with Crippen LogP contribution in [0.4, 0.5) is 5.69 Å². The Hall–Kier alpha value is -3.22. The van der Waals surface area contributed by atoms with Gasteiger partial charge in [-0.05, 0) is 43.2 Å². The molecule has 0 fully saturated rings. The smallest absolute Gasteiger partial charge is 0.224 e. The largest absolute Gasteiger partial charge is 0.486 e. The number of benzene rings is 2. The minimum Gasteiger partial charge on any atom is -0.486 e. The van der Waals surface area contributed by atoms with Gasteiger partial charge >= 0.3 is 0 Å². The number of guanidine groups is 1. The minimum atomic E-state index is -0.0882. The molecule has 0 saturated heterocycles. The summed E-state index contributed by atoms with van der Waals surface area (Å²) < 4.78 is 11.7. The van der Waals surface area contributed by atoms with Crippen molar-refractivity contribution in [2.24, 2.45) is 4.99 Å². The van der Waals surface area contributed by atoms with E-state index in [1.807, 2.05) is 62.4 Å². The fourth-order valence-electron chi connectivity index (χ4n) is 3.03. The van der Waals surface area contributed by atoms with E-state index in [0.29, 0.717) is 26.1 Å². The third kappa shape index (κ3) is 6.40. The quantitative estimate of drug-likeness (QED) is 0.459. The normalized spacial score (nSPS) is 15.4. The third-order valence-electron chi connectivity index (χ3n) is 4.54. The monoisotopic (exact) mass is 410 g/mol. The third-order valence-corrected chi connectivity index (χ3v) is 4.54. The van der Waals surface area contributed by atoms with Gasteiger partial charge in [-0.15, -0.1) is 0 Å². The molecule has 1 amide bonds. The average molecular weight is 411 g/mol.